The van der Waals surface area contributed by atoms with Gasteiger partial charge in [-0.05, 0) is 24.6 Å². The quantitative estimate of drug-likeness (QED) is 0.847. The first-order valence-electron chi connectivity index (χ1n) is 6.67. The molecule has 1 aromatic carbocycles. The van der Waals surface area contributed by atoms with Crippen molar-refractivity contribution in [2.75, 3.05) is 6.54 Å². The monoisotopic (exact) mass is 294 g/mol. The number of nitrogens with one attached hydrogen (secondary N) is 1. The van der Waals surface area contributed by atoms with Crippen molar-refractivity contribution in [3.05, 3.63) is 46.2 Å². The average molecular weight is 294 g/mol. The second kappa shape index (κ2) is 7.36. The summed E-state index contributed by atoms with van der Waals surface area (Å²) in [6.07, 6.45) is 1.85. The number of aromatic nitrogens is 1. The van der Waals surface area contributed by atoms with Crippen molar-refractivity contribution in [3.63, 3.8) is 0 Å². The summed E-state index contributed by atoms with van der Waals surface area (Å²) >= 11 is 1.59. The first-order valence-corrected chi connectivity index (χ1v) is 7.48. The van der Waals surface area contributed by atoms with E-state index in [1.165, 1.54) is 6.07 Å². The molecule has 2 rings (SSSR count). The second-order valence-electron chi connectivity index (χ2n) is 4.96. The molecule has 0 atom stereocenters. The van der Waals surface area contributed by atoms with Gasteiger partial charge in [0.25, 0.3) is 0 Å². The van der Waals surface area contributed by atoms with Crippen molar-refractivity contribution in [3.8, 4) is 5.75 Å². The molecule has 0 spiro atoms. The van der Waals surface area contributed by atoms with Gasteiger partial charge in [0.1, 0.15) is 11.6 Å². The molecule has 0 amide bonds. The van der Waals surface area contributed by atoms with E-state index >= 15 is 0 Å². The lowest BCUT2D eigenvalue weighted by atomic mass is 10.2. The molecule has 20 heavy (non-hydrogen) atoms. The zero-order valence-electron chi connectivity index (χ0n) is 11.7. The Bertz CT molecular complexity index is 542. The van der Waals surface area contributed by atoms with E-state index in [9.17, 15) is 4.39 Å². The minimum Gasteiger partial charge on any atom is -0.483 e. The summed E-state index contributed by atoms with van der Waals surface area (Å²) in [5, 5.41) is 4.22. The highest BCUT2D eigenvalue weighted by Gasteiger charge is 2.06. The van der Waals surface area contributed by atoms with Gasteiger partial charge in [0.2, 0.25) is 0 Å². The Balaban J connectivity index is 1.82. The average Bonchev–Trinajstić information content (AvgIpc) is 2.85. The number of benzene rings is 1. The lowest BCUT2D eigenvalue weighted by molar-refractivity contribution is 0.290. The van der Waals surface area contributed by atoms with Crippen LogP contribution in [0, 0.1) is 11.7 Å². The molecule has 0 radical (unpaired) electrons. The summed E-state index contributed by atoms with van der Waals surface area (Å²) in [4.78, 5) is 5.45. The summed E-state index contributed by atoms with van der Waals surface area (Å²) in [6, 6.07) is 6.40. The zero-order chi connectivity index (χ0) is 14.4. The number of hydrogen-bond donors (Lipinski definition) is 1. The Labute approximate surface area is 122 Å². The molecule has 0 saturated carbocycles. The summed E-state index contributed by atoms with van der Waals surface area (Å²) in [6.45, 7) is 6.45. The van der Waals surface area contributed by atoms with Crippen LogP contribution < -0.4 is 10.1 Å². The van der Waals surface area contributed by atoms with Crippen molar-refractivity contribution in [2.24, 2.45) is 5.92 Å². The van der Waals surface area contributed by atoms with Crippen LogP contribution >= 0.6 is 11.3 Å². The maximum atomic E-state index is 13.4. The van der Waals surface area contributed by atoms with Crippen molar-refractivity contribution in [1.82, 2.24) is 10.3 Å². The van der Waals surface area contributed by atoms with Gasteiger partial charge >= 0.3 is 0 Å². The fraction of sp³-hybridized carbons (Fsp3) is 0.400. The highest BCUT2D eigenvalue weighted by molar-refractivity contribution is 7.11. The molecule has 5 heteroatoms. The molecule has 0 aliphatic carbocycles. The van der Waals surface area contributed by atoms with Crippen molar-refractivity contribution < 1.29 is 9.13 Å². The van der Waals surface area contributed by atoms with Crippen LogP contribution in [0.3, 0.4) is 0 Å². The van der Waals surface area contributed by atoms with Gasteiger partial charge in [0.15, 0.2) is 11.6 Å². The van der Waals surface area contributed by atoms with E-state index in [4.69, 9.17) is 4.74 Å². The van der Waals surface area contributed by atoms with Gasteiger partial charge in [0.05, 0.1) is 0 Å². The van der Waals surface area contributed by atoms with Gasteiger partial charge in [-0.1, -0.05) is 26.0 Å². The predicted octanol–water partition coefficient (Wildman–Crippen LogP) is 3.61. The van der Waals surface area contributed by atoms with Gasteiger partial charge in [-0.25, -0.2) is 9.37 Å². The molecule has 108 valence electrons. The fourth-order valence-corrected chi connectivity index (χ4v) is 2.49. The minimum atomic E-state index is -0.345. The SMILES string of the molecule is CC(C)CNCc1cnc(COc2ccccc2F)s1. The lowest BCUT2D eigenvalue weighted by Crippen LogP contribution is -2.18. The molecule has 1 aromatic heterocycles. The number of nitrogens with zero attached hydrogens (tertiary/aromatic N) is 1. The molecule has 0 aliphatic heterocycles. The van der Waals surface area contributed by atoms with E-state index < -0.39 is 0 Å². The van der Waals surface area contributed by atoms with Gasteiger partial charge < -0.3 is 10.1 Å². The highest BCUT2D eigenvalue weighted by atomic mass is 32.1. The molecular formula is C15H19FN2OS. The van der Waals surface area contributed by atoms with Crippen molar-refractivity contribution in [1.29, 1.82) is 0 Å². The first-order chi connectivity index (χ1) is 9.65. The van der Waals surface area contributed by atoms with E-state index in [0.717, 1.165) is 23.0 Å². The zero-order valence-corrected chi connectivity index (χ0v) is 12.5. The molecule has 0 saturated heterocycles. The van der Waals surface area contributed by atoms with Crippen LogP contribution in [0.15, 0.2) is 30.5 Å². The third-order valence-electron chi connectivity index (χ3n) is 2.64. The molecule has 2 aromatic rings. The third kappa shape index (κ3) is 4.58. The molecule has 0 bridgehead atoms. The van der Waals surface area contributed by atoms with Crippen LogP contribution in [0.5, 0.6) is 5.75 Å². The standard InChI is InChI=1S/C15H19FN2OS/c1-11(2)7-17-8-12-9-18-15(20-12)10-19-14-6-4-3-5-13(14)16/h3-6,9,11,17H,7-8,10H2,1-2H3. The van der Waals surface area contributed by atoms with Crippen LogP contribution in [-0.2, 0) is 13.2 Å². The van der Waals surface area contributed by atoms with E-state index in [1.807, 2.05) is 6.20 Å². The van der Waals surface area contributed by atoms with E-state index in [1.54, 1.807) is 29.5 Å². The van der Waals surface area contributed by atoms with E-state index in [2.05, 4.69) is 24.1 Å². The summed E-state index contributed by atoms with van der Waals surface area (Å²) in [5.41, 5.74) is 0. The maximum Gasteiger partial charge on any atom is 0.165 e. The van der Waals surface area contributed by atoms with Gasteiger partial charge in [-0.3, -0.25) is 0 Å². The summed E-state index contributed by atoms with van der Waals surface area (Å²) < 4.78 is 18.8. The molecule has 1 heterocycles. The Morgan fingerprint density at radius 2 is 2.15 bits per heavy atom. The van der Waals surface area contributed by atoms with E-state index in [-0.39, 0.29) is 11.6 Å². The number of halogens is 1. The van der Waals surface area contributed by atoms with Crippen LogP contribution in [0.1, 0.15) is 23.7 Å². The van der Waals surface area contributed by atoms with Crippen molar-refractivity contribution in [2.45, 2.75) is 27.0 Å². The molecule has 0 fully saturated rings. The van der Waals surface area contributed by atoms with Gasteiger partial charge in [-0.2, -0.15) is 0 Å². The maximum absolute atomic E-state index is 13.4. The van der Waals surface area contributed by atoms with Crippen LogP contribution in [-0.4, -0.2) is 11.5 Å². The number of ether oxygens (including phenoxy) is 1. The molecular weight excluding hydrogens is 275 g/mol. The van der Waals surface area contributed by atoms with Crippen LogP contribution in [0.25, 0.3) is 0 Å². The predicted molar refractivity (Wildman–Crippen MR) is 79.4 cm³/mol. The third-order valence-corrected chi connectivity index (χ3v) is 3.61. The smallest absolute Gasteiger partial charge is 0.165 e. The number of hydrogen-bond acceptors (Lipinski definition) is 4. The number of para-hydroxylation sites is 1. The Morgan fingerprint density at radius 3 is 2.90 bits per heavy atom. The van der Waals surface area contributed by atoms with Gasteiger partial charge in [-0.15, -0.1) is 11.3 Å². The normalized spacial score (nSPS) is 11.0. The summed E-state index contributed by atoms with van der Waals surface area (Å²) in [5.74, 6) is 0.553. The molecule has 0 unspecified atom stereocenters. The topological polar surface area (TPSA) is 34.2 Å². The first kappa shape index (κ1) is 14.9. The molecule has 1 N–H and O–H groups in total. The minimum absolute atomic E-state index is 0.266. The summed E-state index contributed by atoms with van der Waals surface area (Å²) in [7, 11) is 0. The van der Waals surface area contributed by atoms with Gasteiger partial charge in [0, 0.05) is 17.6 Å². The number of thiazole rings is 1. The highest BCUT2D eigenvalue weighted by Crippen LogP contribution is 2.19. The Morgan fingerprint density at radius 1 is 1.35 bits per heavy atom. The molecule has 0 aliphatic rings. The Hall–Kier alpha value is -1.46. The van der Waals surface area contributed by atoms with Crippen molar-refractivity contribution >= 4 is 11.3 Å². The largest absolute Gasteiger partial charge is 0.483 e. The Kier molecular flexibility index (Phi) is 5.49. The lowest BCUT2D eigenvalue weighted by Gasteiger charge is -2.05. The fourth-order valence-electron chi connectivity index (χ4n) is 1.68. The van der Waals surface area contributed by atoms with Crippen LogP contribution in [0.2, 0.25) is 0 Å². The molecule has 3 nitrogen and oxygen atoms in total. The van der Waals surface area contributed by atoms with Crippen LogP contribution in [0.4, 0.5) is 4.39 Å². The van der Waals surface area contributed by atoms with E-state index in [0.29, 0.717) is 12.5 Å². The second-order valence-corrected chi connectivity index (χ2v) is 6.16. The number of rotatable bonds is 7.